The molecule has 2 atom stereocenters. The fourth-order valence-electron chi connectivity index (χ4n) is 2.59. The molecule has 0 aliphatic carbocycles. The monoisotopic (exact) mass is 377 g/mol. The summed E-state index contributed by atoms with van der Waals surface area (Å²) in [5.41, 5.74) is 0.206. The van der Waals surface area contributed by atoms with Crippen LogP contribution in [0, 0.1) is 5.92 Å². The van der Waals surface area contributed by atoms with E-state index in [2.05, 4.69) is 0 Å². The molecule has 0 fully saturated rings. The maximum atomic E-state index is 12.6. The van der Waals surface area contributed by atoms with Crippen LogP contribution in [0.25, 0.3) is 0 Å². The summed E-state index contributed by atoms with van der Waals surface area (Å²) in [6.07, 6.45) is 0.280. The fourth-order valence-corrected chi connectivity index (χ4v) is 2.59. The zero-order valence-corrected chi connectivity index (χ0v) is 17.2. The molecule has 0 bridgehead atoms. The van der Waals surface area contributed by atoms with Crippen LogP contribution in [0.15, 0.2) is 30.3 Å². The summed E-state index contributed by atoms with van der Waals surface area (Å²) in [6.45, 7) is 9.17. The van der Waals surface area contributed by atoms with Gasteiger partial charge in [-0.2, -0.15) is 0 Å². The first-order chi connectivity index (χ1) is 12.5. The lowest BCUT2D eigenvalue weighted by molar-refractivity contribution is -0.163. The molecule has 0 N–H and O–H groups in total. The number of likely N-dealkylation sites (N-methyl/N-ethyl adjacent to an activating group) is 1. The first-order valence-electron chi connectivity index (χ1n) is 9.23. The van der Waals surface area contributed by atoms with Gasteiger partial charge in [0, 0.05) is 7.05 Å². The lowest BCUT2D eigenvalue weighted by Crippen LogP contribution is -2.47. The first-order valence-corrected chi connectivity index (χ1v) is 9.23. The Kier molecular flexibility index (Phi) is 8.47. The van der Waals surface area contributed by atoms with E-state index in [4.69, 9.17) is 9.47 Å². The molecule has 0 aromatic heterocycles. The van der Waals surface area contributed by atoms with Gasteiger partial charge in [-0.15, -0.1) is 0 Å². The van der Waals surface area contributed by atoms with E-state index in [1.165, 1.54) is 11.9 Å². The van der Waals surface area contributed by atoms with Gasteiger partial charge in [0.2, 0.25) is 5.91 Å². The molecule has 1 aromatic rings. The summed E-state index contributed by atoms with van der Waals surface area (Å²) in [6, 6.07) is 8.59. The van der Waals surface area contributed by atoms with Crippen molar-refractivity contribution in [3.8, 4) is 0 Å². The summed E-state index contributed by atoms with van der Waals surface area (Å²) in [5.74, 6) is -1.67. The molecule has 6 heteroatoms. The maximum Gasteiger partial charge on any atom is 0.329 e. The second kappa shape index (κ2) is 10.1. The summed E-state index contributed by atoms with van der Waals surface area (Å²) in [7, 11) is 1.52. The number of nitrogens with zero attached hydrogens (tertiary/aromatic N) is 1. The van der Waals surface area contributed by atoms with Crippen LogP contribution in [-0.2, 0) is 30.5 Å². The van der Waals surface area contributed by atoms with E-state index in [-0.39, 0.29) is 12.5 Å². The number of esters is 2. The van der Waals surface area contributed by atoms with Crippen LogP contribution in [0.3, 0.4) is 0 Å². The second-order valence-electron chi connectivity index (χ2n) is 7.69. The Hall–Kier alpha value is -2.37. The summed E-state index contributed by atoms with van der Waals surface area (Å²) in [5, 5.41) is 0. The third kappa shape index (κ3) is 7.81. The van der Waals surface area contributed by atoms with Gasteiger partial charge in [-0.3, -0.25) is 9.59 Å². The van der Waals surface area contributed by atoms with E-state index >= 15 is 0 Å². The smallest absolute Gasteiger partial charge is 0.329 e. The van der Waals surface area contributed by atoms with Crippen molar-refractivity contribution in [1.29, 1.82) is 0 Å². The average Bonchev–Trinajstić information content (AvgIpc) is 2.58. The Morgan fingerprint density at radius 1 is 1.11 bits per heavy atom. The Morgan fingerprint density at radius 3 is 2.22 bits per heavy atom. The van der Waals surface area contributed by atoms with Crippen LogP contribution in [-0.4, -0.2) is 41.4 Å². The van der Waals surface area contributed by atoms with Gasteiger partial charge in [-0.25, -0.2) is 4.79 Å². The molecule has 6 nitrogen and oxygen atoms in total. The van der Waals surface area contributed by atoms with Crippen molar-refractivity contribution in [2.24, 2.45) is 5.92 Å². The topological polar surface area (TPSA) is 72.9 Å². The van der Waals surface area contributed by atoms with Crippen LogP contribution in [0.5, 0.6) is 0 Å². The molecule has 0 saturated carbocycles. The summed E-state index contributed by atoms with van der Waals surface area (Å²) in [4.78, 5) is 38.4. The van der Waals surface area contributed by atoms with Crippen molar-refractivity contribution in [3.05, 3.63) is 35.9 Å². The number of amides is 1. The molecule has 0 radical (unpaired) electrons. The minimum absolute atomic E-state index is 0.110. The van der Waals surface area contributed by atoms with Crippen molar-refractivity contribution in [2.75, 3.05) is 7.05 Å². The molecule has 0 spiro atoms. The van der Waals surface area contributed by atoms with Crippen LogP contribution in [0.1, 0.15) is 53.0 Å². The number of ether oxygens (including phenoxy) is 2. The molecular formula is C21H31NO5. The summed E-state index contributed by atoms with van der Waals surface area (Å²) >= 11 is 0. The van der Waals surface area contributed by atoms with Gasteiger partial charge in [-0.1, -0.05) is 50.6 Å². The molecule has 0 saturated heterocycles. The standard InChI is InChI=1S/C21H31NO5/c1-7-15(2)19(20(25)26-14-16-11-9-8-10-12-16)22(6)17(23)13-18(24)27-21(3,4)5/h8-12,15,19H,7,13-14H2,1-6H3/t15-,19-/m0/s1. The highest BCUT2D eigenvalue weighted by molar-refractivity contribution is 5.96. The number of hydrogen-bond acceptors (Lipinski definition) is 5. The van der Waals surface area contributed by atoms with Crippen molar-refractivity contribution >= 4 is 17.8 Å². The van der Waals surface area contributed by atoms with Gasteiger partial charge < -0.3 is 14.4 Å². The van der Waals surface area contributed by atoms with E-state index < -0.39 is 35.9 Å². The Balaban J connectivity index is 2.77. The quantitative estimate of drug-likeness (QED) is 0.513. The van der Waals surface area contributed by atoms with Crippen LogP contribution < -0.4 is 0 Å². The number of carbonyl (C=O) groups excluding carboxylic acids is 3. The lowest BCUT2D eigenvalue weighted by atomic mass is 9.97. The molecule has 1 aromatic carbocycles. The molecule has 0 heterocycles. The molecule has 1 amide bonds. The first kappa shape index (κ1) is 22.7. The van der Waals surface area contributed by atoms with Crippen molar-refractivity contribution in [2.45, 2.75) is 65.7 Å². The van der Waals surface area contributed by atoms with Gasteiger partial charge >= 0.3 is 11.9 Å². The van der Waals surface area contributed by atoms with E-state index in [0.717, 1.165) is 5.56 Å². The largest absolute Gasteiger partial charge is 0.460 e. The molecule has 1 rings (SSSR count). The zero-order chi connectivity index (χ0) is 20.6. The minimum Gasteiger partial charge on any atom is -0.460 e. The Morgan fingerprint density at radius 2 is 1.70 bits per heavy atom. The number of rotatable bonds is 8. The predicted octanol–water partition coefficient (Wildman–Crippen LogP) is 3.33. The van der Waals surface area contributed by atoms with E-state index in [1.54, 1.807) is 20.8 Å². The molecular weight excluding hydrogens is 346 g/mol. The predicted molar refractivity (Wildman–Crippen MR) is 103 cm³/mol. The van der Waals surface area contributed by atoms with E-state index in [9.17, 15) is 14.4 Å². The van der Waals surface area contributed by atoms with E-state index in [0.29, 0.717) is 6.42 Å². The van der Waals surface area contributed by atoms with Gasteiger partial charge in [0.15, 0.2) is 0 Å². The number of benzene rings is 1. The maximum absolute atomic E-state index is 12.6. The molecule has 0 aliphatic rings. The minimum atomic E-state index is -0.756. The van der Waals surface area contributed by atoms with Gasteiger partial charge in [0.05, 0.1) is 0 Å². The lowest BCUT2D eigenvalue weighted by Gasteiger charge is -2.31. The highest BCUT2D eigenvalue weighted by Crippen LogP contribution is 2.18. The molecule has 0 unspecified atom stereocenters. The van der Waals surface area contributed by atoms with Crippen LogP contribution >= 0.6 is 0 Å². The normalized spacial score (nSPS) is 13.4. The van der Waals surface area contributed by atoms with Crippen molar-refractivity contribution in [1.82, 2.24) is 4.90 Å². The number of hydrogen-bond donors (Lipinski definition) is 0. The molecule has 150 valence electrons. The highest BCUT2D eigenvalue weighted by Gasteiger charge is 2.33. The third-order valence-electron chi connectivity index (χ3n) is 4.17. The van der Waals surface area contributed by atoms with Gasteiger partial charge in [0.1, 0.15) is 24.7 Å². The highest BCUT2D eigenvalue weighted by atomic mass is 16.6. The SMILES string of the molecule is CC[C@H](C)[C@@H](C(=O)OCc1ccccc1)N(C)C(=O)CC(=O)OC(C)(C)C. The third-order valence-corrected chi connectivity index (χ3v) is 4.17. The fraction of sp³-hybridized carbons (Fsp3) is 0.571. The Bertz CT molecular complexity index is 636. The average molecular weight is 377 g/mol. The van der Waals surface area contributed by atoms with Crippen LogP contribution in [0.2, 0.25) is 0 Å². The molecule has 0 aliphatic heterocycles. The van der Waals surface area contributed by atoms with Crippen molar-refractivity contribution < 1.29 is 23.9 Å². The summed E-state index contributed by atoms with van der Waals surface area (Å²) < 4.78 is 10.6. The van der Waals surface area contributed by atoms with E-state index in [1.807, 2.05) is 44.2 Å². The van der Waals surface area contributed by atoms with Crippen LogP contribution in [0.4, 0.5) is 0 Å². The van der Waals surface area contributed by atoms with Crippen molar-refractivity contribution in [3.63, 3.8) is 0 Å². The molecule has 27 heavy (non-hydrogen) atoms. The van der Waals surface area contributed by atoms with Gasteiger partial charge in [-0.05, 0) is 32.3 Å². The zero-order valence-electron chi connectivity index (χ0n) is 17.2. The number of carbonyl (C=O) groups is 3. The van der Waals surface area contributed by atoms with Gasteiger partial charge in [0.25, 0.3) is 0 Å². The Labute approximate surface area is 161 Å². The second-order valence-corrected chi connectivity index (χ2v) is 7.69.